The molecule has 4 aromatic rings. The summed E-state index contributed by atoms with van der Waals surface area (Å²) in [7, 11) is 0. The van der Waals surface area contributed by atoms with Crippen molar-refractivity contribution in [1.82, 2.24) is 34.7 Å². The van der Waals surface area contributed by atoms with Gasteiger partial charge in [0, 0.05) is 12.1 Å². The molecule has 0 spiro atoms. The molecule has 1 N–H and O–H groups in total. The lowest BCUT2D eigenvalue weighted by Crippen LogP contribution is -2.45. The molecular formula is C22H25N7O. The molecule has 0 saturated carbocycles. The number of fused-ring (bicyclic) bond motifs is 2. The number of hydrogen-bond acceptors (Lipinski definition) is 6. The van der Waals surface area contributed by atoms with Crippen LogP contribution in [0.5, 0.6) is 0 Å². The molecule has 8 heteroatoms. The Hall–Kier alpha value is -3.13. The Kier molecular flexibility index (Phi) is 4.39. The zero-order valence-electron chi connectivity index (χ0n) is 17.6. The maximum absolute atomic E-state index is 13.1. The first-order valence-corrected chi connectivity index (χ1v) is 10.4. The minimum atomic E-state index is -0.0809. The molecule has 0 aromatic carbocycles. The largest absolute Gasteiger partial charge is 0.312 e. The highest BCUT2D eigenvalue weighted by molar-refractivity contribution is 5.79. The van der Waals surface area contributed by atoms with Crippen molar-refractivity contribution < 1.29 is 0 Å². The van der Waals surface area contributed by atoms with Crippen LogP contribution in [0.1, 0.15) is 44.0 Å². The summed E-state index contributed by atoms with van der Waals surface area (Å²) in [6.07, 6.45) is 5.38. The number of hydrogen-bond donors (Lipinski definition) is 1. The van der Waals surface area contributed by atoms with Gasteiger partial charge >= 0.3 is 0 Å². The molecule has 3 atom stereocenters. The predicted molar refractivity (Wildman–Crippen MR) is 116 cm³/mol. The second kappa shape index (κ2) is 6.98. The molecule has 1 aliphatic rings. The molecule has 1 saturated heterocycles. The maximum atomic E-state index is 13.1. The average molecular weight is 403 g/mol. The first-order chi connectivity index (χ1) is 14.4. The van der Waals surface area contributed by atoms with E-state index in [1.54, 1.807) is 15.4 Å². The van der Waals surface area contributed by atoms with Crippen LogP contribution < -0.4 is 10.9 Å². The molecule has 4 aromatic heterocycles. The number of nitrogens with zero attached hydrogens (tertiary/aromatic N) is 6. The van der Waals surface area contributed by atoms with Gasteiger partial charge in [-0.1, -0.05) is 0 Å². The Balaban J connectivity index is 1.57. The first kappa shape index (κ1) is 18.9. The van der Waals surface area contributed by atoms with Crippen LogP contribution >= 0.6 is 0 Å². The van der Waals surface area contributed by atoms with E-state index < -0.39 is 0 Å². The summed E-state index contributed by atoms with van der Waals surface area (Å²) in [6.45, 7) is 8.25. The second-order valence-corrected chi connectivity index (χ2v) is 8.48. The Morgan fingerprint density at radius 1 is 1.07 bits per heavy atom. The minimum Gasteiger partial charge on any atom is -0.312 e. The highest BCUT2D eigenvalue weighted by Gasteiger charge is 2.26. The highest BCUT2D eigenvalue weighted by Crippen LogP contribution is 2.24. The van der Waals surface area contributed by atoms with Gasteiger partial charge in [0.1, 0.15) is 5.69 Å². The van der Waals surface area contributed by atoms with Gasteiger partial charge < -0.3 is 5.32 Å². The van der Waals surface area contributed by atoms with Gasteiger partial charge in [0.15, 0.2) is 5.65 Å². The molecular weight excluding hydrogens is 378 g/mol. The van der Waals surface area contributed by atoms with Crippen molar-refractivity contribution in [3.8, 4) is 11.4 Å². The van der Waals surface area contributed by atoms with Crippen molar-refractivity contribution >= 4 is 16.6 Å². The zero-order chi connectivity index (χ0) is 21.0. The van der Waals surface area contributed by atoms with Crippen molar-refractivity contribution in [3.63, 3.8) is 0 Å². The van der Waals surface area contributed by atoms with E-state index in [1.807, 2.05) is 38.2 Å². The summed E-state index contributed by atoms with van der Waals surface area (Å²) in [5.41, 5.74) is 4.74. The van der Waals surface area contributed by atoms with Crippen LogP contribution in [0.4, 0.5) is 0 Å². The summed E-state index contributed by atoms with van der Waals surface area (Å²) >= 11 is 0. The topological polar surface area (TPSA) is 90.0 Å². The number of aryl methyl sites for hydroxylation is 2. The van der Waals surface area contributed by atoms with Gasteiger partial charge in [-0.2, -0.15) is 10.2 Å². The molecule has 30 heavy (non-hydrogen) atoms. The fourth-order valence-electron chi connectivity index (χ4n) is 4.55. The monoisotopic (exact) mass is 403 g/mol. The third-order valence-electron chi connectivity index (χ3n) is 5.83. The molecule has 0 bridgehead atoms. The van der Waals surface area contributed by atoms with Gasteiger partial charge in [-0.05, 0) is 64.3 Å². The van der Waals surface area contributed by atoms with E-state index in [1.165, 1.54) is 0 Å². The summed E-state index contributed by atoms with van der Waals surface area (Å²) < 4.78 is 3.42. The molecule has 1 unspecified atom stereocenters. The Morgan fingerprint density at radius 2 is 1.83 bits per heavy atom. The Bertz CT molecular complexity index is 1310. The van der Waals surface area contributed by atoms with Crippen molar-refractivity contribution in [1.29, 1.82) is 0 Å². The van der Waals surface area contributed by atoms with Gasteiger partial charge in [0.25, 0.3) is 5.56 Å². The third-order valence-corrected chi connectivity index (χ3v) is 5.83. The third kappa shape index (κ3) is 3.17. The molecule has 5 rings (SSSR count). The summed E-state index contributed by atoms with van der Waals surface area (Å²) in [4.78, 5) is 22.3. The van der Waals surface area contributed by atoms with Crippen molar-refractivity contribution in [3.05, 3.63) is 52.2 Å². The molecule has 1 fully saturated rings. The van der Waals surface area contributed by atoms with Gasteiger partial charge in [0.05, 0.1) is 40.7 Å². The first-order valence-electron chi connectivity index (χ1n) is 10.4. The second-order valence-electron chi connectivity index (χ2n) is 8.48. The molecule has 0 amide bonds. The number of imidazole rings is 1. The van der Waals surface area contributed by atoms with E-state index in [0.29, 0.717) is 28.7 Å². The van der Waals surface area contributed by atoms with E-state index in [0.717, 1.165) is 35.4 Å². The normalized spacial score (nSPS) is 22.1. The van der Waals surface area contributed by atoms with Gasteiger partial charge in [-0.3, -0.25) is 4.79 Å². The smallest absolute Gasteiger partial charge is 0.276 e. The van der Waals surface area contributed by atoms with Crippen LogP contribution in [0.15, 0.2) is 35.4 Å². The number of piperidine rings is 1. The van der Waals surface area contributed by atoms with Gasteiger partial charge in [-0.15, -0.1) is 0 Å². The SMILES string of the molecule is Cc1cn2nc(-c3ccc4c(=O)n(C5C[C@@H](C)N[C@@H](C)C5)ncc4n3)cc(C)c2n1. The molecule has 1 aliphatic heterocycles. The fraction of sp³-hybridized carbons (Fsp3) is 0.409. The number of nitrogens with one attached hydrogen (secondary N) is 1. The summed E-state index contributed by atoms with van der Waals surface area (Å²) in [5.74, 6) is 0. The number of pyridine rings is 1. The lowest BCUT2D eigenvalue weighted by Gasteiger charge is -2.33. The number of aromatic nitrogens is 6. The maximum Gasteiger partial charge on any atom is 0.276 e. The Morgan fingerprint density at radius 3 is 2.60 bits per heavy atom. The van der Waals surface area contributed by atoms with Gasteiger partial charge in [-0.25, -0.2) is 19.2 Å². The predicted octanol–water partition coefficient (Wildman–Crippen LogP) is 2.82. The summed E-state index contributed by atoms with van der Waals surface area (Å²) in [5, 5.41) is 13.2. The van der Waals surface area contributed by atoms with Crippen LogP contribution in [-0.4, -0.2) is 41.4 Å². The van der Waals surface area contributed by atoms with E-state index in [4.69, 9.17) is 4.98 Å². The average Bonchev–Trinajstić information content (AvgIpc) is 3.08. The molecule has 154 valence electrons. The minimum absolute atomic E-state index is 0.0809. The quantitative estimate of drug-likeness (QED) is 0.554. The zero-order valence-corrected chi connectivity index (χ0v) is 17.6. The van der Waals surface area contributed by atoms with E-state index >= 15 is 0 Å². The van der Waals surface area contributed by atoms with Crippen LogP contribution in [0.25, 0.3) is 27.9 Å². The molecule has 0 radical (unpaired) electrons. The molecule has 8 nitrogen and oxygen atoms in total. The lowest BCUT2D eigenvalue weighted by atomic mass is 9.95. The van der Waals surface area contributed by atoms with E-state index in [9.17, 15) is 4.79 Å². The van der Waals surface area contributed by atoms with Crippen LogP contribution in [0.3, 0.4) is 0 Å². The van der Waals surface area contributed by atoms with Crippen LogP contribution in [0.2, 0.25) is 0 Å². The van der Waals surface area contributed by atoms with Crippen LogP contribution in [0, 0.1) is 13.8 Å². The summed E-state index contributed by atoms with van der Waals surface area (Å²) in [6, 6.07) is 6.50. The fourth-order valence-corrected chi connectivity index (χ4v) is 4.55. The van der Waals surface area contributed by atoms with Crippen LogP contribution in [-0.2, 0) is 0 Å². The van der Waals surface area contributed by atoms with E-state index in [2.05, 4.69) is 34.3 Å². The molecule has 5 heterocycles. The lowest BCUT2D eigenvalue weighted by molar-refractivity contribution is 0.244. The number of rotatable bonds is 2. The standard InChI is InChI=1S/C22H25N7O/c1-12-7-19(27-28-11-15(4)25-21(12)28)18-6-5-17-20(26-18)10-23-29(22(17)30)16-8-13(2)24-14(3)9-16/h5-7,10-11,13-14,16,24H,8-9H2,1-4H3/t13-,14+,16?. The van der Waals surface area contributed by atoms with Crippen molar-refractivity contribution in [2.45, 2.75) is 58.7 Å². The van der Waals surface area contributed by atoms with Gasteiger partial charge in [0.2, 0.25) is 0 Å². The van der Waals surface area contributed by atoms with Crippen molar-refractivity contribution in [2.75, 3.05) is 0 Å². The Labute approximate surface area is 174 Å². The highest BCUT2D eigenvalue weighted by atomic mass is 16.1. The van der Waals surface area contributed by atoms with E-state index in [-0.39, 0.29) is 11.6 Å². The van der Waals surface area contributed by atoms with Crippen molar-refractivity contribution in [2.24, 2.45) is 0 Å². The molecule has 0 aliphatic carbocycles.